The van der Waals surface area contributed by atoms with Crippen molar-refractivity contribution >= 4 is 11.6 Å². The molecule has 1 aromatic heterocycles. The topological polar surface area (TPSA) is 46.9 Å². The lowest BCUT2D eigenvalue weighted by Crippen LogP contribution is -2.15. The molecule has 2 aromatic carbocycles. The van der Waals surface area contributed by atoms with Gasteiger partial charge in [-0.05, 0) is 47.6 Å². The van der Waals surface area contributed by atoms with E-state index in [0.29, 0.717) is 18.3 Å². The predicted molar refractivity (Wildman–Crippen MR) is 113 cm³/mol. The fourth-order valence-electron chi connectivity index (χ4n) is 4.19. The second-order valence-corrected chi connectivity index (χ2v) is 7.96. The summed E-state index contributed by atoms with van der Waals surface area (Å²) in [6, 6.07) is 16.6. The fraction of sp³-hybridized carbons (Fsp3) is 0.333. The first-order chi connectivity index (χ1) is 13.6. The monoisotopic (exact) mass is 373 g/mol. The first kappa shape index (κ1) is 18.5. The molecule has 0 saturated carbocycles. The number of benzene rings is 2. The van der Waals surface area contributed by atoms with Gasteiger partial charge in [0.15, 0.2) is 0 Å². The van der Waals surface area contributed by atoms with Crippen LogP contribution in [0.3, 0.4) is 0 Å². The molecule has 0 saturated heterocycles. The Hall–Kier alpha value is -2.88. The molecule has 1 atom stereocenters. The summed E-state index contributed by atoms with van der Waals surface area (Å²) >= 11 is 0. The average Bonchev–Trinajstić information content (AvgIpc) is 3.29. The highest BCUT2D eigenvalue weighted by Crippen LogP contribution is 2.35. The molecule has 1 N–H and O–H groups in total. The third kappa shape index (κ3) is 4.01. The number of nitrogens with one attached hydrogen (secondary N) is 1. The molecule has 4 nitrogen and oxygen atoms in total. The van der Waals surface area contributed by atoms with Gasteiger partial charge in [0.2, 0.25) is 5.91 Å². The van der Waals surface area contributed by atoms with Gasteiger partial charge in [-0.3, -0.25) is 4.79 Å². The summed E-state index contributed by atoms with van der Waals surface area (Å²) in [6.07, 6.45) is 6.54. The number of rotatable bonds is 6. The summed E-state index contributed by atoms with van der Waals surface area (Å²) in [5.41, 5.74) is 4.75. The zero-order valence-electron chi connectivity index (χ0n) is 16.6. The third-order valence-corrected chi connectivity index (χ3v) is 5.52. The van der Waals surface area contributed by atoms with Crippen LogP contribution in [0.15, 0.2) is 60.9 Å². The van der Waals surface area contributed by atoms with E-state index in [1.807, 2.05) is 24.5 Å². The molecule has 1 amide bonds. The van der Waals surface area contributed by atoms with Gasteiger partial charge in [-0.15, -0.1) is 0 Å². The molecule has 0 radical (unpaired) electrons. The van der Waals surface area contributed by atoms with Crippen molar-refractivity contribution in [3.8, 4) is 0 Å². The summed E-state index contributed by atoms with van der Waals surface area (Å²) in [5, 5.41) is 3.09. The molecule has 4 rings (SSSR count). The van der Waals surface area contributed by atoms with Crippen LogP contribution in [-0.2, 0) is 17.8 Å². The van der Waals surface area contributed by atoms with Crippen molar-refractivity contribution in [2.24, 2.45) is 0 Å². The van der Waals surface area contributed by atoms with E-state index in [1.165, 1.54) is 11.1 Å². The van der Waals surface area contributed by atoms with Crippen LogP contribution in [-0.4, -0.2) is 15.5 Å². The predicted octanol–water partition coefficient (Wildman–Crippen LogP) is 5.11. The van der Waals surface area contributed by atoms with Crippen molar-refractivity contribution < 1.29 is 4.79 Å². The molecule has 0 aliphatic heterocycles. The van der Waals surface area contributed by atoms with Gasteiger partial charge in [-0.25, -0.2) is 4.98 Å². The van der Waals surface area contributed by atoms with Gasteiger partial charge in [0.1, 0.15) is 5.82 Å². The van der Waals surface area contributed by atoms with Crippen LogP contribution in [0, 0.1) is 0 Å². The van der Waals surface area contributed by atoms with Gasteiger partial charge in [0, 0.05) is 37.0 Å². The van der Waals surface area contributed by atoms with E-state index in [1.54, 1.807) is 0 Å². The Morgan fingerprint density at radius 2 is 2.07 bits per heavy atom. The SMILES string of the molecule is CC(C)c1nccn1Cc1cccc(NC(=O)CC2CCc3ccccc32)c1. The summed E-state index contributed by atoms with van der Waals surface area (Å²) < 4.78 is 2.17. The van der Waals surface area contributed by atoms with Crippen LogP contribution < -0.4 is 5.32 Å². The highest BCUT2D eigenvalue weighted by atomic mass is 16.1. The van der Waals surface area contributed by atoms with E-state index in [-0.39, 0.29) is 5.91 Å². The number of carbonyl (C=O) groups excluding carboxylic acids is 1. The Morgan fingerprint density at radius 3 is 2.93 bits per heavy atom. The van der Waals surface area contributed by atoms with E-state index >= 15 is 0 Å². The summed E-state index contributed by atoms with van der Waals surface area (Å²) in [4.78, 5) is 17.1. The standard InChI is InChI=1S/C24H27N3O/c1-17(2)24-25-12-13-27(24)16-18-6-5-8-21(14-18)26-23(28)15-20-11-10-19-7-3-4-9-22(19)20/h3-9,12-14,17,20H,10-11,15-16H2,1-2H3,(H,26,28). The fourth-order valence-corrected chi connectivity index (χ4v) is 4.19. The maximum atomic E-state index is 12.6. The zero-order valence-corrected chi connectivity index (χ0v) is 16.6. The summed E-state index contributed by atoms with van der Waals surface area (Å²) in [6.45, 7) is 5.06. The van der Waals surface area contributed by atoms with Crippen molar-refractivity contribution in [1.29, 1.82) is 0 Å². The number of aromatic nitrogens is 2. The Bertz CT molecular complexity index is 973. The van der Waals surface area contributed by atoms with E-state index < -0.39 is 0 Å². The number of hydrogen-bond acceptors (Lipinski definition) is 2. The highest BCUT2D eigenvalue weighted by Gasteiger charge is 2.24. The minimum atomic E-state index is 0.0874. The smallest absolute Gasteiger partial charge is 0.224 e. The zero-order chi connectivity index (χ0) is 19.5. The number of nitrogens with zero attached hydrogens (tertiary/aromatic N) is 2. The number of amides is 1. The molecule has 0 bridgehead atoms. The van der Waals surface area contributed by atoms with Gasteiger partial charge < -0.3 is 9.88 Å². The largest absolute Gasteiger partial charge is 0.330 e. The van der Waals surface area contributed by atoms with Crippen LogP contribution in [0.25, 0.3) is 0 Å². The molecule has 0 fully saturated rings. The number of imidazole rings is 1. The van der Waals surface area contributed by atoms with Crippen LogP contribution >= 0.6 is 0 Å². The van der Waals surface area contributed by atoms with Crippen LogP contribution in [0.4, 0.5) is 5.69 Å². The van der Waals surface area contributed by atoms with E-state index in [2.05, 4.69) is 65.1 Å². The van der Waals surface area contributed by atoms with E-state index in [9.17, 15) is 4.79 Å². The van der Waals surface area contributed by atoms with Gasteiger partial charge >= 0.3 is 0 Å². The number of aryl methyl sites for hydroxylation is 1. The van der Waals surface area contributed by atoms with E-state index in [0.717, 1.165) is 36.5 Å². The van der Waals surface area contributed by atoms with Gasteiger partial charge in [0.25, 0.3) is 0 Å². The molecule has 1 heterocycles. The molecular formula is C24H27N3O. The Morgan fingerprint density at radius 1 is 1.21 bits per heavy atom. The van der Waals surface area contributed by atoms with Crippen LogP contribution in [0.5, 0.6) is 0 Å². The van der Waals surface area contributed by atoms with Gasteiger partial charge in [-0.2, -0.15) is 0 Å². The summed E-state index contributed by atoms with van der Waals surface area (Å²) in [5.74, 6) is 1.88. The quantitative estimate of drug-likeness (QED) is 0.652. The lowest BCUT2D eigenvalue weighted by Gasteiger charge is -2.13. The maximum Gasteiger partial charge on any atom is 0.224 e. The normalized spacial score (nSPS) is 15.6. The average molecular weight is 374 g/mol. The van der Waals surface area contributed by atoms with Gasteiger partial charge in [0.05, 0.1) is 0 Å². The minimum Gasteiger partial charge on any atom is -0.330 e. The Labute approximate surface area is 166 Å². The first-order valence-corrected chi connectivity index (χ1v) is 10.1. The molecule has 0 spiro atoms. The molecule has 28 heavy (non-hydrogen) atoms. The summed E-state index contributed by atoms with van der Waals surface area (Å²) in [7, 11) is 0. The number of anilines is 1. The van der Waals surface area contributed by atoms with Crippen molar-refractivity contribution in [1.82, 2.24) is 9.55 Å². The molecule has 144 valence electrons. The van der Waals surface area contributed by atoms with Crippen molar-refractivity contribution in [3.63, 3.8) is 0 Å². The van der Waals surface area contributed by atoms with Gasteiger partial charge in [-0.1, -0.05) is 50.2 Å². The second-order valence-electron chi connectivity index (χ2n) is 7.96. The Balaban J connectivity index is 1.41. The van der Waals surface area contributed by atoms with Crippen LogP contribution in [0.1, 0.15) is 61.0 Å². The molecule has 3 aromatic rings. The molecule has 1 aliphatic carbocycles. The van der Waals surface area contributed by atoms with Crippen molar-refractivity contribution in [2.45, 2.75) is 51.5 Å². The molecule has 1 unspecified atom stereocenters. The molecule has 4 heteroatoms. The Kier molecular flexibility index (Phi) is 5.29. The lowest BCUT2D eigenvalue weighted by atomic mass is 9.97. The molecular weight excluding hydrogens is 346 g/mol. The number of carbonyl (C=O) groups is 1. The first-order valence-electron chi connectivity index (χ1n) is 10.1. The highest BCUT2D eigenvalue weighted by molar-refractivity contribution is 5.91. The second kappa shape index (κ2) is 8.01. The van der Waals surface area contributed by atoms with Crippen molar-refractivity contribution in [2.75, 3.05) is 5.32 Å². The number of fused-ring (bicyclic) bond motifs is 1. The molecule has 1 aliphatic rings. The minimum absolute atomic E-state index is 0.0874. The van der Waals surface area contributed by atoms with Crippen molar-refractivity contribution in [3.05, 3.63) is 83.4 Å². The maximum absolute atomic E-state index is 12.6. The van der Waals surface area contributed by atoms with E-state index in [4.69, 9.17) is 0 Å². The van der Waals surface area contributed by atoms with Crippen LogP contribution in [0.2, 0.25) is 0 Å². The number of hydrogen-bond donors (Lipinski definition) is 1. The third-order valence-electron chi connectivity index (χ3n) is 5.52. The lowest BCUT2D eigenvalue weighted by molar-refractivity contribution is -0.116.